The van der Waals surface area contributed by atoms with Gasteiger partial charge in [0, 0.05) is 41.6 Å². The van der Waals surface area contributed by atoms with Crippen LogP contribution in [0.5, 0.6) is 0 Å². The molecule has 1 amide bonds. The molecule has 1 aliphatic rings. The predicted molar refractivity (Wildman–Crippen MR) is 136 cm³/mol. The molecule has 0 aliphatic carbocycles. The number of aromatic nitrogens is 2. The first-order valence-electron chi connectivity index (χ1n) is 11.7. The van der Waals surface area contributed by atoms with Crippen molar-refractivity contribution in [2.24, 2.45) is 0 Å². The second kappa shape index (κ2) is 10.8. The van der Waals surface area contributed by atoms with Gasteiger partial charge >= 0.3 is 6.15 Å². The van der Waals surface area contributed by atoms with E-state index >= 15 is 0 Å². The van der Waals surface area contributed by atoms with Gasteiger partial charge in [0.1, 0.15) is 5.76 Å². The van der Waals surface area contributed by atoms with E-state index in [0.29, 0.717) is 18.5 Å². The fourth-order valence-electron chi connectivity index (χ4n) is 4.75. The van der Waals surface area contributed by atoms with Crippen molar-refractivity contribution in [3.05, 3.63) is 107 Å². The van der Waals surface area contributed by atoms with Crippen molar-refractivity contribution in [3.63, 3.8) is 0 Å². The number of rotatable bonds is 5. The summed E-state index contributed by atoms with van der Waals surface area (Å²) in [6, 6.07) is 16.5. The van der Waals surface area contributed by atoms with Crippen LogP contribution in [0.25, 0.3) is 16.7 Å². The molecule has 1 atom stereocenters. The molecule has 0 bridgehead atoms. The first kappa shape index (κ1) is 25.3. The Morgan fingerprint density at radius 1 is 1.05 bits per heavy atom. The number of pyridine rings is 1. The number of fused-ring (bicyclic) bond motifs is 1. The minimum Gasteiger partial charge on any atom is -0.507 e. The number of amides is 1. The lowest BCUT2D eigenvalue weighted by Gasteiger charge is -2.25. The van der Waals surface area contributed by atoms with E-state index in [-0.39, 0.29) is 17.5 Å². The number of nitrogens with zero attached hydrogens (tertiary/aromatic N) is 2. The second-order valence-corrected chi connectivity index (χ2v) is 8.79. The first-order valence-corrected chi connectivity index (χ1v) is 11.7. The molecule has 1 unspecified atom stereocenters. The molecular weight excluding hydrogens is 470 g/mol. The van der Waals surface area contributed by atoms with Gasteiger partial charge in [0.2, 0.25) is 0 Å². The van der Waals surface area contributed by atoms with Gasteiger partial charge in [-0.25, -0.2) is 0 Å². The summed E-state index contributed by atoms with van der Waals surface area (Å²) in [5, 5.41) is 12.2. The largest absolute Gasteiger partial charge is 0.507 e. The van der Waals surface area contributed by atoms with Gasteiger partial charge in [-0.05, 0) is 55.2 Å². The SMILES string of the molecule is Cc1ccc(C2C(=C(O)c3cccnc3)C(=O)C(=O)N2CCc2c[nH]c3cccc(C)c23)cc1.O=C=O. The second-order valence-electron chi connectivity index (χ2n) is 8.79. The third-order valence-electron chi connectivity index (χ3n) is 6.49. The average Bonchev–Trinajstić information content (AvgIpc) is 3.43. The van der Waals surface area contributed by atoms with Crippen molar-refractivity contribution >= 4 is 34.5 Å². The summed E-state index contributed by atoms with van der Waals surface area (Å²) >= 11 is 0. The molecule has 8 heteroatoms. The smallest absolute Gasteiger partial charge is 0.373 e. The number of hydrogen-bond acceptors (Lipinski definition) is 6. The van der Waals surface area contributed by atoms with E-state index in [0.717, 1.165) is 33.2 Å². The molecule has 1 saturated heterocycles. The van der Waals surface area contributed by atoms with Gasteiger partial charge in [0.15, 0.2) is 0 Å². The van der Waals surface area contributed by atoms with E-state index in [1.807, 2.05) is 49.5 Å². The average molecular weight is 496 g/mol. The van der Waals surface area contributed by atoms with Gasteiger partial charge in [-0.15, -0.1) is 0 Å². The van der Waals surface area contributed by atoms with Crippen molar-refractivity contribution in [1.29, 1.82) is 0 Å². The third-order valence-corrected chi connectivity index (χ3v) is 6.49. The molecule has 2 aromatic heterocycles. The minimum absolute atomic E-state index is 0.0944. The lowest BCUT2D eigenvalue weighted by atomic mass is 9.95. The number of aromatic amines is 1. The standard InChI is InChI=1S/C28H25N3O3.CO2/c1-17-8-10-19(11-9-17)25-24(26(32)21-6-4-13-29-15-21)27(33)28(34)31(25)14-12-20-16-30-22-7-3-5-18(2)23(20)22;2-1-3/h3-11,13,15-16,25,30,32H,12,14H2,1-2H3;. The molecule has 0 saturated carbocycles. The van der Waals surface area contributed by atoms with E-state index in [4.69, 9.17) is 9.59 Å². The maximum absolute atomic E-state index is 13.2. The number of aliphatic hydroxyl groups excluding tert-OH is 1. The Hall–Kier alpha value is -4.81. The van der Waals surface area contributed by atoms with E-state index in [1.165, 1.54) is 6.20 Å². The molecular formula is C29H25N3O5. The number of carbonyl (C=O) groups is 2. The number of benzene rings is 2. The molecule has 0 radical (unpaired) electrons. The number of ketones is 1. The van der Waals surface area contributed by atoms with Gasteiger partial charge < -0.3 is 15.0 Å². The van der Waals surface area contributed by atoms with Crippen LogP contribution in [0.1, 0.15) is 33.9 Å². The lowest BCUT2D eigenvalue weighted by molar-refractivity contribution is -0.191. The van der Waals surface area contributed by atoms with E-state index in [2.05, 4.69) is 23.0 Å². The zero-order chi connectivity index (χ0) is 26.5. The maximum Gasteiger partial charge on any atom is 0.373 e. The van der Waals surface area contributed by atoms with E-state index in [9.17, 15) is 14.7 Å². The number of H-pyrrole nitrogens is 1. The third kappa shape index (κ3) is 4.96. The van der Waals surface area contributed by atoms with Crippen LogP contribution in [-0.2, 0) is 25.6 Å². The summed E-state index contributed by atoms with van der Waals surface area (Å²) < 4.78 is 0. The van der Waals surface area contributed by atoms with Gasteiger partial charge in [-0.2, -0.15) is 9.59 Å². The Balaban J connectivity index is 0.00000102. The van der Waals surface area contributed by atoms with E-state index in [1.54, 1.807) is 23.2 Å². The highest BCUT2D eigenvalue weighted by molar-refractivity contribution is 6.46. The Bertz CT molecular complexity index is 1510. The van der Waals surface area contributed by atoms with Crippen molar-refractivity contribution < 1.29 is 24.3 Å². The van der Waals surface area contributed by atoms with Gasteiger partial charge in [0.05, 0.1) is 11.6 Å². The summed E-state index contributed by atoms with van der Waals surface area (Å²) in [5.41, 5.74) is 5.64. The Labute approximate surface area is 213 Å². The number of likely N-dealkylation sites (tertiary alicyclic amines) is 1. The summed E-state index contributed by atoms with van der Waals surface area (Å²) in [6.07, 6.45) is 5.87. The number of nitrogens with one attached hydrogen (secondary N) is 1. The van der Waals surface area contributed by atoms with Crippen LogP contribution in [0, 0.1) is 13.8 Å². The molecule has 37 heavy (non-hydrogen) atoms. The van der Waals surface area contributed by atoms with Crippen molar-refractivity contribution in [2.75, 3.05) is 6.54 Å². The number of Topliss-reactive ketones (excluding diaryl/α,β-unsaturated/α-hetero) is 1. The topological polar surface area (TPSA) is 120 Å². The minimum atomic E-state index is -0.679. The Morgan fingerprint density at radius 2 is 1.78 bits per heavy atom. The van der Waals surface area contributed by atoms with Crippen LogP contribution in [0.15, 0.2) is 78.8 Å². The summed E-state index contributed by atoms with van der Waals surface area (Å²) in [7, 11) is 0. The molecule has 2 N–H and O–H groups in total. The number of hydrogen-bond donors (Lipinski definition) is 2. The highest BCUT2D eigenvalue weighted by atomic mass is 16.3. The highest BCUT2D eigenvalue weighted by Crippen LogP contribution is 2.39. The number of aryl methyl sites for hydroxylation is 2. The van der Waals surface area contributed by atoms with Crippen LogP contribution < -0.4 is 0 Å². The zero-order valence-electron chi connectivity index (χ0n) is 20.4. The molecule has 8 nitrogen and oxygen atoms in total. The van der Waals surface area contributed by atoms with Crippen LogP contribution in [0.3, 0.4) is 0 Å². The zero-order valence-corrected chi connectivity index (χ0v) is 20.4. The lowest BCUT2D eigenvalue weighted by Crippen LogP contribution is -2.31. The number of carbonyl (C=O) groups excluding carboxylic acids is 4. The summed E-state index contributed by atoms with van der Waals surface area (Å²) in [4.78, 5) is 51.5. The maximum atomic E-state index is 13.2. The van der Waals surface area contributed by atoms with Crippen LogP contribution in [0.2, 0.25) is 0 Å². The Kier molecular flexibility index (Phi) is 7.41. The fourth-order valence-corrected chi connectivity index (χ4v) is 4.75. The summed E-state index contributed by atoms with van der Waals surface area (Å²) in [5.74, 6) is -1.49. The molecule has 186 valence electrons. The molecule has 5 rings (SSSR count). The molecule has 2 aromatic carbocycles. The monoisotopic (exact) mass is 495 g/mol. The molecule has 4 aromatic rings. The highest BCUT2D eigenvalue weighted by Gasteiger charge is 2.45. The summed E-state index contributed by atoms with van der Waals surface area (Å²) in [6.45, 7) is 4.38. The molecule has 1 aliphatic heterocycles. The van der Waals surface area contributed by atoms with Gasteiger partial charge in [0.25, 0.3) is 11.7 Å². The van der Waals surface area contributed by atoms with E-state index < -0.39 is 17.7 Å². The predicted octanol–water partition coefficient (Wildman–Crippen LogP) is 4.26. The van der Waals surface area contributed by atoms with Crippen LogP contribution >= 0.6 is 0 Å². The molecule has 3 heterocycles. The molecule has 0 spiro atoms. The normalized spacial score (nSPS) is 16.4. The molecule has 1 fully saturated rings. The number of aliphatic hydroxyl groups is 1. The van der Waals surface area contributed by atoms with Crippen LogP contribution in [0.4, 0.5) is 0 Å². The Morgan fingerprint density at radius 3 is 2.46 bits per heavy atom. The fraction of sp³-hybridized carbons (Fsp3) is 0.172. The van der Waals surface area contributed by atoms with Crippen molar-refractivity contribution in [2.45, 2.75) is 26.3 Å². The van der Waals surface area contributed by atoms with Crippen LogP contribution in [-0.4, -0.2) is 44.4 Å². The first-order chi connectivity index (χ1) is 17.9. The van der Waals surface area contributed by atoms with Crippen molar-refractivity contribution in [3.8, 4) is 0 Å². The van der Waals surface area contributed by atoms with Gasteiger partial charge in [-0.3, -0.25) is 14.6 Å². The quantitative estimate of drug-likeness (QED) is 0.242. The van der Waals surface area contributed by atoms with Gasteiger partial charge in [-0.1, -0.05) is 42.0 Å². The van der Waals surface area contributed by atoms with Crippen molar-refractivity contribution in [1.82, 2.24) is 14.9 Å².